The molecule has 13 heavy (non-hydrogen) atoms. The highest BCUT2D eigenvalue weighted by atomic mass is 16.2. The highest BCUT2D eigenvalue weighted by molar-refractivity contribution is 5.82. The smallest absolute Gasteiger partial charge is 0.225 e. The summed E-state index contributed by atoms with van der Waals surface area (Å²) in [5, 5.41) is 3.03. The molecule has 0 heterocycles. The molecule has 0 radical (unpaired) electrons. The van der Waals surface area contributed by atoms with Gasteiger partial charge in [0.1, 0.15) is 0 Å². The van der Waals surface area contributed by atoms with Crippen LogP contribution >= 0.6 is 0 Å². The van der Waals surface area contributed by atoms with E-state index in [1.54, 1.807) is 0 Å². The molecule has 0 spiro atoms. The Bertz CT molecular complexity index is 171. The second kappa shape index (κ2) is 4.64. The topological polar surface area (TPSA) is 29.1 Å². The van der Waals surface area contributed by atoms with Gasteiger partial charge in [-0.05, 0) is 19.3 Å². The predicted octanol–water partition coefficient (Wildman–Crippen LogP) is 2.48. The molecule has 0 aromatic rings. The molecule has 0 saturated heterocycles. The second-order valence-electron chi connectivity index (χ2n) is 4.38. The van der Waals surface area contributed by atoms with Crippen LogP contribution in [-0.4, -0.2) is 12.5 Å². The SMILES string of the molecule is CCCCNC(=O)C1(C)CCCC1. The molecule has 1 saturated carbocycles. The van der Waals surface area contributed by atoms with Crippen molar-refractivity contribution in [3.8, 4) is 0 Å². The van der Waals surface area contributed by atoms with Gasteiger partial charge in [-0.3, -0.25) is 4.79 Å². The normalized spacial score (nSPS) is 20.2. The molecule has 1 rings (SSSR count). The fourth-order valence-corrected chi connectivity index (χ4v) is 1.97. The van der Waals surface area contributed by atoms with E-state index in [2.05, 4.69) is 19.2 Å². The number of hydrogen-bond donors (Lipinski definition) is 1. The van der Waals surface area contributed by atoms with Crippen LogP contribution in [0.1, 0.15) is 52.4 Å². The van der Waals surface area contributed by atoms with Crippen LogP contribution in [0.2, 0.25) is 0 Å². The zero-order valence-electron chi connectivity index (χ0n) is 8.86. The summed E-state index contributed by atoms with van der Waals surface area (Å²) < 4.78 is 0. The van der Waals surface area contributed by atoms with Crippen molar-refractivity contribution in [2.75, 3.05) is 6.54 Å². The van der Waals surface area contributed by atoms with Crippen molar-refractivity contribution in [2.45, 2.75) is 52.4 Å². The quantitative estimate of drug-likeness (QED) is 0.666. The summed E-state index contributed by atoms with van der Waals surface area (Å²) in [7, 11) is 0. The monoisotopic (exact) mass is 183 g/mol. The first-order valence-corrected chi connectivity index (χ1v) is 5.47. The van der Waals surface area contributed by atoms with Crippen molar-refractivity contribution < 1.29 is 4.79 Å². The molecule has 0 aromatic carbocycles. The lowest BCUT2D eigenvalue weighted by molar-refractivity contribution is -0.129. The van der Waals surface area contributed by atoms with Gasteiger partial charge in [-0.15, -0.1) is 0 Å². The minimum absolute atomic E-state index is 0.0479. The summed E-state index contributed by atoms with van der Waals surface area (Å²) in [5.74, 6) is 0.276. The van der Waals surface area contributed by atoms with Gasteiger partial charge in [0.2, 0.25) is 5.91 Å². The molecular weight excluding hydrogens is 162 g/mol. The van der Waals surface area contributed by atoms with Crippen LogP contribution in [-0.2, 0) is 4.79 Å². The third-order valence-corrected chi connectivity index (χ3v) is 3.07. The first-order valence-electron chi connectivity index (χ1n) is 5.47. The molecule has 0 aliphatic heterocycles. The van der Waals surface area contributed by atoms with E-state index in [1.807, 2.05) is 0 Å². The third kappa shape index (κ3) is 2.71. The molecule has 0 aromatic heterocycles. The van der Waals surface area contributed by atoms with Crippen LogP contribution in [0.4, 0.5) is 0 Å². The van der Waals surface area contributed by atoms with E-state index in [9.17, 15) is 4.79 Å². The lowest BCUT2D eigenvalue weighted by Gasteiger charge is -2.22. The van der Waals surface area contributed by atoms with Crippen LogP contribution in [0.15, 0.2) is 0 Å². The maximum Gasteiger partial charge on any atom is 0.225 e. The molecule has 0 bridgehead atoms. The van der Waals surface area contributed by atoms with E-state index in [0.717, 1.165) is 32.2 Å². The number of carbonyl (C=O) groups excluding carboxylic acids is 1. The Kier molecular flexibility index (Phi) is 3.76. The number of amides is 1. The van der Waals surface area contributed by atoms with Crippen LogP contribution in [0.3, 0.4) is 0 Å². The second-order valence-corrected chi connectivity index (χ2v) is 4.38. The average molecular weight is 183 g/mol. The van der Waals surface area contributed by atoms with E-state index >= 15 is 0 Å². The minimum Gasteiger partial charge on any atom is -0.356 e. The van der Waals surface area contributed by atoms with Crippen LogP contribution in [0, 0.1) is 5.41 Å². The number of rotatable bonds is 4. The fourth-order valence-electron chi connectivity index (χ4n) is 1.97. The van der Waals surface area contributed by atoms with Gasteiger partial charge in [-0.2, -0.15) is 0 Å². The van der Waals surface area contributed by atoms with Crippen molar-refractivity contribution in [2.24, 2.45) is 5.41 Å². The largest absolute Gasteiger partial charge is 0.356 e. The Morgan fingerprint density at radius 2 is 2.00 bits per heavy atom. The van der Waals surface area contributed by atoms with Crippen molar-refractivity contribution in [1.29, 1.82) is 0 Å². The van der Waals surface area contributed by atoms with Gasteiger partial charge in [0.05, 0.1) is 0 Å². The number of nitrogens with one attached hydrogen (secondary N) is 1. The Hall–Kier alpha value is -0.530. The van der Waals surface area contributed by atoms with Crippen LogP contribution < -0.4 is 5.32 Å². The maximum absolute atomic E-state index is 11.7. The molecule has 1 fully saturated rings. The first-order chi connectivity index (χ1) is 6.19. The van der Waals surface area contributed by atoms with E-state index in [4.69, 9.17) is 0 Å². The Morgan fingerprint density at radius 3 is 2.54 bits per heavy atom. The van der Waals surface area contributed by atoms with Gasteiger partial charge in [0, 0.05) is 12.0 Å². The summed E-state index contributed by atoms with van der Waals surface area (Å²) in [6.07, 6.45) is 6.84. The predicted molar refractivity (Wildman–Crippen MR) is 54.5 cm³/mol. The van der Waals surface area contributed by atoms with Crippen molar-refractivity contribution in [3.63, 3.8) is 0 Å². The highest BCUT2D eigenvalue weighted by Gasteiger charge is 2.35. The molecule has 1 aliphatic rings. The maximum atomic E-state index is 11.7. The Labute approximate surface area is 81.1 Å². The van der Waals surface area contributed by atoms with E-state index in [-0.39, 0.29) is 11.3 Å². The van der Waals surface area contributed by atoms with E-state index in [1.165, 1.54) is 12.8 Å². The van der Waals surface area contributed by atoms with Crippen LogP contribution in [0.5, 0.6) is 0 Å². The fraction of sp³-hybridized carbons (Fsp3) is 0.909. The first kappa shape index (κ1) is 10.6. The molecule has 76 valence electrons. The van der Waals surface area contributed by atoms with Gasteiger partial charge in [-0.1, -0.05) is 33.1 Å². The molecule has 2 heteroatoms. The molecule has 0 unspecified atom stereocenters. The summed E-state index contributed by atoms with van der Waals surface area (Å²) in [6.45, 7) is 5.09. The summed E-state index contributed by atoms with van der Waals surface area (Å²) in [6, 6.07) is 0. The Balaban J connectivity index is 2.29. The minimum atomic E-state index is -0.0479. The molecule has 1 N–H and O–H groups in total. The van der Waals surface area contributed by atoms with E-state index < -0.39 is 0 Å². The standard InChI is InChI=1S/C11H21NO/c1-3-4-9-12-10(13)11(2)7-5-6-8-11/h3-9H2,1-2H3,(H,12,13). The third-order valence-electron chi connectivity index (χ3n) is 3.07. The van der Waals surface area contributed by atoms with Gasteiger partial charge in [0.25, 0.3) is 0 Å². The van der Waals surface area contributed by atoms with E-state index in [0.29, 0.717) is 0 Å². The van der Waals surface area contributed by atoms with Gasteiger partial charge < -0.3 is 5.32 Å². The van der Waals surface area contributed by atoms with Crippen LogP contribution in [0.25, 0.3) is 0 Å². The van der Waals surface area contributed by atoms with Gasteiger partial charge in [-0.25, -0.2) is 0 Å². The lowest BCUT2D eigenvalue weighted by atomic mass is 9.88. The zero-order valence-corrected chi connectivity index (χ0v) is 8.86. The molecule has 2 nitrogen and oxygen atoms in total. The van der Waals surface area contributed by atoms with Gasteiger partial charge >= 0.3 is 0 Å². The number of hydrogen-bond acceptors (Lipinski definition) is 1. The number of unbranched alkanes of at least 4 members (excludes halogenated alkanes) is 1. The van der Waals surface area contributed by atoms with Crippen molar-refractivity contribution >= 4 is 5.91 Å². The highest BCUT2D eigenvalue weighted by Crippen LogP contribution is 2.37. The molecule has 0 atom stereocenters. The summed E-state index contributed by atoms with van der Waals surface area (Å²) in [5.41, 5.74) is -0.0479. The summed E-state index contributed by atoms with van der Waals surface area (Å²) >= 11 is 0. The molecular formula is C11H21NO. The zero-order chi connectivity index (χ0) is 9.73. The molecule has 1 aliphatic carbocycles. The summed E-state index contributed by atoms with van der Waals surface area (Å²) in [4.78, 5) is 11.7. The molecule has 1 amide bonds. The average Bonchev–Trinajstić information content (AvgIpc) is 2.54. The van der Waals surface area contributed by atoms with Crippen molar-refractivity contribution in [3.05, 3.63) is 0 Å². The number of carbonyl (C=O) groups is 1. The van der Waals surface area contributed by atoms with Gasteiger partial charge in [0.15, 0.2) is 0 Å². The van der Waals surface area contributed by atoms with Crippen molar-refractivity contribution in [1.82, 2.24) is 5.32 Å². The lowest BCUT2D eigenvalue weighted by Crippen LogP contribution is -2.37. The Morgan fingerprint density at radius 1 is 1.38 bits per heavy atom.